The molecule has 1 aliphatic rings. The molecular formula is C17H18FN3O4S. The summed E-state index contributed by atoms with van der Waals surface area (Å²) in [6.07, 6.45) is 0. The Balaban J connectivity index is 1.64. The van der Waals surface area contributed by atoms with Crippen molar-refractivity contribution in [3.63, 3.8) is 0 Å². The minimum Gasteiger partial charge on any atom is -0.296 e. The topological polar surface area (TPSA) is 83.8 Å². The second kappa shape index (κ2) is 7.48. The number of rotatable bonds is 5. The molecule has 0 aromatic heterocycles. The van der Waals surface area contributed by atoms with Crippen molar-refractivity contribution in [2.24, 2.45) is 0 Å². The molecule has 0 atom stereocenters. The van der Waals surface area contributed by atoms with Gasteiger partial charge in [-0.2, -0.15) is 4.31 Å². The first kappa shape index (κ1) is 18.4. The van der Waals surface area contributed by atoms with Crippen LogP contribution in [0.1, 0.15) is 5.56 Å². The van der Waals surface area contributed by atoms with Gasteiger partial charge in [0.25, 0.3) is 5.69 Å². The van der Waals surface area contributed by atoms with E-state index < -0.39 is 14.9 Å². The summed E-state index contributed by atoms with van der Waals surface area (Å²) in [6, 6.07) is 11.2. The molecule has 26 heavy (non-hydrogen) atoms. The van der Waals surface area contributed by atoms with Crippen molar-refractivity contribution in [3.05, 3.63) is 70.0 Å². The molecule has 2 aromatic rings. The third-order valence-electron chi connectivity index (χ3n) is 4.31. The molecule has 3 rings (SSSR count). The van der Waals surface area contributed by atoms with E-state index in [-0.39, 0.29) is 16.4 Å². The molecule has 1 heterocycles. The largest absolute Gasteiger partial charge is 0.296 e. The van der Waals surface area contributed by atoms with Crippen LogP contribution in [0, 0.1) is 15.9 Å². The number of sulfonamides is 1. The van der Waals surface area contributed by atoms with E-state index in [0.29, 0.717) is 32.7 Å². The molecule has 0 saturated carbocycles. The van der Waals surface area contributed by atoms with Gasteiger partial charge in [0.1, 0.15) is 5.82 Å². The van der Waals surface area contributed by atoms with E-state index in [2.05, 4.69) is 4.90 Å². The first-order chi connectivity index (χ1) is 12.4. The first-order valence-corrected chi connectivity index (χ1v) is 9.52. The van der Waals surface area contributed by atoms with Gasteiger partial charge in [0.2, 0.25) is 10.0 Å². The quantitative estimate of drug-likeness (QED) is 0.588. The number of nitro groups is 1. The number of hydrogen-bond acceptors (Lipinski definition) is 5. The van der Waals surface area contributed by atoms with Crippen molar-refractivity contribution < 1.29 is 17.7 Å². The van der Waals surface area contributed by atoms with Crippen molar-refractivity contribution in [1.29, 1.82) is 0 Å². The number of piperazine rings is 1. The Labute approximate surface area is 150 Å². The van der Waals surface area contributed by atoms with E-state index in [4.69, 9.17) is 0 Å². The van der Waals surface area contributed by atoms with Gasteiger partial charge in [0.15, 0.2) is 0 Å². The summed E-state index contributed by atoms with van der Waals surface area (Å²) in [5, 5.41) is 10.7. The zero-order chi connectivity index (χ0) is 18.7. The molecular weight excluding hydrogens is 361 g/mol. The van der Waals surface area contributed by atoms with E-state index in [0.717, 1.165) is 5.56 Å². The molecule has 0 aliphatic carbocycles. The summed E-state index contributed by atoms with van der Waals surface area (Å²) in [7, 11) is -3.68. The van der Waals surface area contributed by atoms with Crippen molar-refractivity contribution in [3.8, 4) is 0 Å². The maximum absolute atomic E-state index is 13.3. The molecule has 0 amide bonds. The molecule has 0 N–H and O–H groups in total. The summed E-state index contributed by atoms with van der Waals surface area (Å²) in [5.74, 6) is -0.290. The normalized spacial score (nSPS) is 16.5. The van der Waals surface area contributed by atoms with Crippen LogP contribution in [0.5, 0.6) is 0 Å². The van der Waals surface area contributed by atoms with E-state index in [1.807, 2.05) is 6.07 Å². The van der Waals surface area contributed by atoms with Crippen LogP contribution in [0.2, 0.25) is 0 Å². The van der Waals surface area contributed by atoms with E-state index in [1.54, 1.807) is 6.07 Å². The van der Waals surface area contributed by atoms with E-state index in [9.17, 15) is 22.9 Å². The van der Waals surface area contributed by atoms with E-state index in [1.165, 1.54) is 40.7 Å². The highest BCUT2D eigenvalue weighted by molar-refractivity contribution is 7.89. The fourth-order valence-electron chi connectivity index (χ4n) is 2.91. The summed E-state index contributed by atoms with van der Waals surface area (Å²) in [6.45, 7) is 2.25. The van der Waals surface area contributed by atoms with Gasteiger partial charge in [0, 0.05) is 44.9 Å². The van der Waals surface area contributed by atoms with Gasteiger partial charge in [0.05, 0.1) is 9.82 Å². The highest BCUT2D eigenvalue weighted by atomic mass is 32.2. The zero-order valence-electron chi connectivity index (χ0n) is 13.9. The fourth-order valence-corrected chi connectivity index (χ4v) is 4.33. The fraction of sp³-hybridized carbons (Fsp3) is 0.294. The third-order valence-corrected chi connectivity index (χ3v) is 6.22. The molecule has 7 nitrogen and oxygen atoms in total. The first-order valence-electron chi connectivity index (χ1n) is 8.08. The molecule has 138 valence electrons. The average molecular weight is 379 g/mol. The molecule has 9 heteroatoms. The maximum atomic E-state index is 13.3. The smallest absolute Gasteiger partial charge is 0.269 e. The summed E-state index contributed by atoms with van der Waals surface area (Å²) >= 11 is 0. The number of halogens is 1. The Kier molecular flexibility index (Phi) is 5.30. The minimum absolute atomic E-state index is 0.0432. The lowest BCUT2D eigenvalue weighted by atomic mass is 10.2. The van der Waals surface area contributed by atoms with Crippen molar-refractivity contribution in [2.75, 3.05) is 26.2 Å². The van der Waals surface area contributed by atoms with Gasteiger partial charge in [-0.3, -0.25) is 15.0 Å². The van der Waals surface area contributed by atoms with Crippen molar-refractivity contribution >= 4 is 15.7 Å². The third kappa shape index (κ3) is 4.06. The number of nitrogens with zero attached hydrogens (tertiary/aromatic N) is 3. The number of benzene rings is 2. The summed E-state index contributed by atoms with van der Waals surface area (Å²) in [5.41, 5.74) is 0.695. The van der Waals surface area contributed by atoms with Gasteiger partial charge in [-0.25, -0.2) is 12.8 Å². The van der Waals surface area contributed by atoms with Gasteiger partial charge in [-0.05, 0) is 29.8 Å². The number of hydrogen-bond donors (Lipinski definition) is 0. The Bertz CT molecular complexity index is 894. The SMILES string of the molecule is O=[N+]([O-])c1ccc(S(=O)(=O)N2CCN(Cc3cccc(F)c3)CC2)cc1. The second-order valence-corrected chi connectivity index (χ2v) is 8.00. The van der Waals surface area contributed by atoms with Gasteiger partial charge in [-0.15, -0.1) is 0 Å². The highest BCUT2D eigenvalue weighted by Crippen LogP contribution is 2.21. The molecule has 0 radical (unpaired) electrons. The summed E-state index contributed by atoms with van der Waals surface area (Å²) in [4.78, 5) is 12.2. The second-order valence-electron chi connectivity index (χ2n) is 6.06. The van der Waals surface area contributed by atoms with Gasteiger partial charge >= 0.3 is 0 Å². The van der Waals surface area contributed by atoms with Crippen molar-refractivity contribution in [2.45, 2.75) is 11.4 Å². The van der Waals surface area contributed by atoms with Crippen LogP contribution in [0.25, 0.3) is 0 Å². The molecule has 1 saturated heterocycles. The highest BCUT2D eigenvalue weighted by Gasteiger charge is 2.28. The molecule has 1 fully saturated rings. The van der Waals surface area contributed by atoms with Crippen LogP contribution in [0.3, 0.4) is 0 Å². The Morgan fingerprint density at radius 3 is 2.27 bits per heavy atom. The van der Waals surface area contributed by atoms with Crippen molar-refractivity contribution in [1.82, 2.24) is 9.21 Å². The lowest BCUT2D eigenvalue weighted by molar-refractivity contribution is -0.384. The van der Waals surface area contributed by atoms with Crippen LogP contribution < -0.4 is 0 Å². The average Bonchev–Trinajstić information content (AvgIpc) is 2.62. The zero-order valence-corrected chi connectivity index (χ0v) is 14.7. The lowest BCUT2D eigenvalue weighted by Crippen LogP contribution is -2.48. The molecule has 0 unspecified atom stereocenters. The molecule has 0 bridgehead atoms. The number of nitro benzene ring substituents is 1. The van der Waals surface area contributed by atoms with Crippen LogP contribution >= 0.6 is 0 Å². The predicted molar refractivity (Wildman–Crippen MR) is 93.5 cm³/mol. The minimum atomic E-state index is -3.68. The Morgan fingerprint density at radius 1 is 1.04 bits per heavy atom. The molecule has 2 aromatic carbocycles. The van der Waals surface area contributed by atoms with Gasteiger partial charge < -0.3 is 0 Å². The Hall–Kier alpha value is -2.36. The summed E-state index contributed by atoms with van der Waals surface area (Å²) < 4.78 is 40.0. The van der Waals surface area contributed by atoms with Crippen LogP contribution in [0.4, 0.5) is 10.1 Å². The van der Waals surface area contributed by atoms with Crippen LogP contribution in [0.15, 0.2) is 53.4 Å². The van der Waals surface area contributed by atoms with Crippen LogP contribution in [-0.4, -0.2) is 48.7 Å². The maximum Gasteiger partial charge on any atom is 0.269 e. The van der Waals surface area contributed by atoms with Gasteiger partial charge in [-0.1, -0.05) is 12.1 Å². The van der Waals surface area contributed by atoms with E-state index >= 15 is 0 Å². The lowest BCUT2D eigenvalue weighted by Gasteiger charge is -2.34. The predicted octanol–water partition coefficient (Wildman–Crippen LogP) is 2.24. The monoisotopic (exact) mass is 379 g/mol. The molecule has 0 spiro atoms. The van der Waals surface area contributed by atoms with Crippen LogP contribution in [-0.2, 0) is 16.6 Å². The standard InChI is InChI=1S/C17H18FN3O4S/c18-15-3-1-2-14(12-15)13-19-8-10-20(11-9-19)26(24,25)17-6-4-16(5-7-17)21(22)23/h1-7,12H,8-11,13H2. The Morgan fingerprint density at radius 2 is 1.69 bits per heavy atom. The molecule has 1 aliphatic heterocycles. The number of non-ortho nitro benzene ring substituents is 1.